The van der Waals surface area contributed by atoms with E-state index in [4.69, 9.17) is 0 Å². The Morgan fingerprint density at radius 3 is 2.69 bits per heavy atom. The van der Waals surface area contributed by atoms with E-state index in [0.29, 0.717) is 11.4 Å². The molecule has 0 atom stereocenters. The monoisotopic (exact) mass is 465 g/mol. The molecule has 1 N–H and O–H groups in total. The van der Waals surface area contributed by atoms with Crippen molar-refractivity contribution >= 4 is 51.4 Å². The van der Waals surface area contributed by atoms with Gasteiger partial charge in [-0.2, -0.15) is 5.10 Å². The number of hydrogen-bond donors (Lipinski definition) is 1. The molecule has 0 saturated heterocycles. The molecule has 2 aromatic heterocycles. The average molecular weight is 465 g/mol. The lowest BCUT2D eigenvalue weighted by Crippen LogP contribution is -2.26. The molecule has 2 amide bonds. The summed E-state index contributed by atoms with van der Waals surface area (Å²) in [5, 5.41) is 8.11. The molecule has 3 rings (SSSR count). The summed E-state index contributed by atoms with van der Waals surface area (Å²) < 4.78 is 3.58. The van der Waals surface area contributed by atoms with Gasteiger partial charge in [0.2, 0.25) is 5.91 Å². The number of benzene rings is 1. The average Bonchev–Trinajstić information content (AvgIpc) is 3.18. The molecule has 0 radical (unpaired) electrons. The second-order valence-corrected chi connectivity index (χ2v) is 7.15. The van der Waals surface area contributed by atoms with Crippen molar-refractivity contribution in [3.05, 3.63) is 47.8 Å². The summed E-state index contributed by atoms with van der Waals surface area (Å²) in [6.07, 6.45) is 2.60. The second kappa shape index (κ2) is 7.48. The zero-order valence-corrected chi connectivity index (χ0v) is 17.0. The molecule has 0 unspecified atom stereocenters. The molecular formula is C18H20IN5O2. The van der Waals surface area contributed by atoms with Crippen LogP contribution in [0.2, 0.25) is 0 Å². The van der Waals surface area contributed by atoms with Gasteiger partial charge in [-0.1, -0.05) is 13.0 Å². The molecule has 3 aromatic rings. The van der Waals surface area contributed by atoms with E-state index in [-0.39, 0.29) is 18.4 Å². The highest BCUT2D eigenvalue weighted by Gasteiger charge is 2.13. The number of halogens is 1. The number of carbonyl (C=O) groups is 2. The number of anilines is 1. The van der Waals surface area contributed by atoms with Crippen molar-refractivity contribution in [3.63, 3.8) is 0 Å². The van der Waals surface area contributed by atoms with E-state index in [1.54, 1.807) is 32.4 Å². The van der Waals surface area contributed by atoms with Crippen molar-refractivity contribution in [2.24, 2.45) is 0 Å². The first-order valence-corrected chi connectivity index (χ1v) is 9.21. The third-order valence-corrected chi connectivity index (χ3v) is 5.26. The fraction of sp³-hybridized carbons (Fsp3) is 0.278. The number of hydrogen-bond acceptors (Lipinski definition) is 3. The van der Waals surface area contributed by atoms with E-state index in [2.05, 4.69) is 49.1 Å². The number of likely N-dealkylation sites (N-methyl/N-ethyl adjacent to an activating group) is 1. The van der Waals surface area contributed by atoms with Gasteiger partial charge in [0.1, 0.15) is 6.54 Å². The Bertz CT molecular complexity index is 973. The Morgan fingerprint density at radius 1 is 1.23 bits per heavy atom. The fourth-order valence-electron chi connectivity index (χ4n) is 2.59. The number of aromatic nitrogens is 3. The maximum absolute atomic E-state index is 12.5. The van der Waals surface area contributed by atoms with Crippen LogP contribution in [0, 0.1) is 0 Å². The largest absolute Gasteiger partial charge is 0.347 e. The minimum atomic E-state index is -0.230. The molecule has 0 spiro atoms. The Hall–Kier alpha value is -2.36. The van der Waals surface area contributed by atoms with Crippen LogP contribution in [0.4, 0.5) is 5.82 Å². The summed E-state index contributed by atoms with van der Waals surface area (Å²) in [5.74, 6) is 0.124. The minimum absolute atomic E-state index is 0.0639. The Morgan fingerprint density at radius 2 is 2.00 bits per heavy atom. The van der Waals surface area contributed by atoms with Gasteiger partial charge in [-0.3, -0.25) is 17.1 Å². The van der Waals surface area contributed by atoms with Gasteiger partial charge in [-0.05, 0) is 24.6 Å². The van der Waals surface area contributed by atoms with Gasteiger partial charge < -0.3 is 10.2 Å². The predicted molar refractivity (Wildman–Crippen MR) is 110 cm³/mol. The van der Waals surface area contributed by atoms with Crippen LogP contribution < -0.4 is 5.32 Å². The number of amides is 2. The Kier molecular flexibility index (Phi) is 5.30. The zero-order valence-electron chi connectivity index (χ0n) is 14.9. The molecule has 7 nitrogen and oxygen atoms in total. The normalized spacial score (nSPS) is 10.9. The topological polar surface area (TPSA) is 72.2 Å². The first-order valence-electron chi connectivity index (χ1n) is 8.24. The second-order valence-electron chi connectivity index (χ2n) is 6.18. The number of nitrogens with one attached hydrogen (secondary N) is 1. The molecule has 0 aliphatic rings. The highest BCUT2D eigenvalue weighted by Crippen LogP contribution is 2.24. The van der Waals surface area contributed by atoms with Crippen LogP contribution in [-0.4, -0.2) is 43.4 Å². The van der Waals surface area contributed by atoms with Gasteiger partial charge in [-0.15, -0.1) is 0 Å². The number of carbonyl (C=O) groups excluding carboxylic acids is 2. The van der Waals surface area contributed by atoms with Crippen molar-refractivity contribution < 1.29 is 9.59 Å². The zero-order chi connectivity index (χ0) is 18.8. The number of rotatable bonds is 5. The van der Waals surface area contributed by atoms with Gasteiger partial charge in [0.15, 0.2) is 5.82 Å². The maximum Gasteiger partial charge on any atom is 0.256 e. The molecule has 0 saturated carbocycles. The molecule has 0 aliphatic heterocycles. The summed E-state index contributed by atoms with van der Waals surface area (Å²) in [5.41, 5.74) is 2.79. The van der Waals surface area contributed by atoms with Crippen molar-refractivity contribution in [1.82, 2.24) is 17.5 Å². The van der Waals surface area contributed by atoms with E-state index >= 15 is 0 Å². The van der Waals surface area contributed by atoms with Gasteiger partial charge in [-0.25, -0.2) is 0 Å². The van der Waals surface area contributed by atoms with Gasteiger partial charge in [0, 0.05) is 43.0 Å². The molecular weight excluding hydrogens is 445 g/mol. The lowest BCUT2D eigenvalue weighted by molar-refractivity contribution is -0.129. The van der Waals surface area contributed by atoms with E-state index in [1.807, 2.05) is 12.1 Å². The smallest absolute Gasteiger partial charge is 0.256 e. The van der Waals surface area contributed by atoms with Crippen LogP contribution in [0.25, 0.3) is 10.9 Å². The molecule has 0 fully saturated rings. The standard InChI is InChI=1S/C18H20IN5O2/c1-4-14-9-12-5-6-13(10-15(12)24(14)19)18(26)20-16-7-8-23(21-16)11-17(25)22(2)3/h5-10H,4,11H2,1-3H3,(H,20,21,26). The van der Waals surface area contributed by atoms with E-state index in [1.165, 1.54) is 15.3 Å². The van der Waals surface area contributed by atoms with Crippen molar-refractivity contribution in [2.75, 3.05) is 19.4 Å². The molecule has 1 aromatic carbocycles. The van der Waals surface area contributed by atoms with Crippen LogP contribution in [0.15, 0.2) is 36.5 Å². The summed E-state index contributed by atoms with van der Waals surface area (Å²) in [6.45, 7) is 2.24. The van der Waals surface area contributed by atoms with E-state index < -0.39 is 0 Å². The molecule has 8 heteroatoms. The first-order chi connectivity index (χ1) is 12.4. The van der Waals surface area contributed by atoms with Crippen LogP contribution in [-0.2, 0) is 17.8 Å². The fourth-order valence-corrected chi connectivity index (χ4v) is 3.49. The number of nitrogens with zero attached hydrogens (tertiary/aromatic N) is 4. The Labute approximate surface area is 165 Å². The van der Waals surface area contributed by atoms with Crippen LogP contribution in [0.5, 0.6) is 0 Å². The summed E-state index contributed by atoms with van der Waals surface area (Å²) in [4.78, 5) is 25.8. The molecule has 0 aliphatic carbocycles. The molecule has 136 valence electrons. The summed E-state index contributed by atoms with van der Waals surface area (Å²) in [6, 6.07) is 9.44. The van der Waals surface area contributed by atoms with Crippen molar-refractivity contribution in [1.29, 1.82) is 0 Å². The van der Waals surface area contributed by atoms with E-state index in [0.717, 1.165) is 17.3 Å². The highest BCUT2D eigenvalue weighted by molar-refractivity contribution is 14.1. The molecule has 2 heterocycles. The minimum Gasteiger partial charge on any atom is -0.347 e. The lowest BCUT2D eigenvalue weighted by Gasteiger charge is -2.09. The third kappa shape index (κ3) is 3.74. The summed E-state index contributed by atoms with van der Waals surface area (Å²) in [7, 11) is 3.38. The van der Waals surface area contributed by atoms with Crippen LogP contribution in [0.1, 0.15) is 23.0 Å². The lowest BCUT2D eigenvalue weighted by atomic mass is 10.1. The van der Waals surface area contributed by atoms with Gasteiger partial charge in [0.25, 0.3) is 5.91 Å². The predicted octanol–water partition coefficient (Wildman–Crippen LogP) is 2.94. The van der Waals surface area contributed by atoms with E-state index in [9.17, 15) is 9.59 Å². The number of aryl methyl sites for hydroxylation is 1. The quantitative estimate of drug-likeness (QED) is 0.590. The molecule has 26 heavy (non-hydrogen) atoms. The van der Waals surface area contributed by atoms with Crippen LogP contribution in [0.3, 0.4) is 0 Å². The number of fused-ring (bicyclic) bond motifs is 1. The van der Waals surface area contributed by atoms with Crippen LogP contribution >= 0.6 is 22.9 Å². The first kappa shape index (κ1) is 18.4. The Balaban J connectivity index is 1.76. The molecule has 0 bridgehead atoms. The van der Waals surface area contributed by atoms with Gasteiger partial charge >= 0.3 is 0 Å². The maximum atomic E-state index is 12.5. The third-order valence-electron chi connectivity index (χ3n) is 4.12. The van der Waals surface area contributed by atoms with Gasteiger partial charge in [0.05, 0.1) is 28.4 Å². The summed E-state index contributed by atoms with van der Waals surface area (Å²) >= 11 is 2.25. The van der Waals surface area contributed by atoms with Crippen molar-refractivity contribution in [2.45, 2.75) is 19.9 Å². The highest BCUT2D eigenvalue weighted by atomic mass is 127. The van der Waals surface area contributed by atoms with Crippen molar-refractivity contribution in [3.8, 4) is 0 Å². The SMILES string of the molecule is CCc1cc2ccc(C(=O)Nc3ccn(CC(=O)N(C)C)n3)cc2n1I.